The highest BCUT2D eigenvalue weighted by Gasteiger charge is 2.25. The van der Waals surface area contributed by atoms with Gasteiger partial charge in [-0.25, -0.2) is 4.99 Å². The van der Waals surface area contributed by atoms with Crippen LogP contribution < -0.4 is 10.6 Å². The molecule has 132 valence electrons. The normalized spacial score (nSPS) is 11.8. The highest BCUT2D eigenvalue weighted by atomic mass is 127. The van der Waals surface area contributed by atoms with Crippen molar-refractivity contribution in [1.82, 2.24) is 10.6 Å². The topological polar surface area (TPSA) is 36.4 Å². The Hall–Kier alpha value is -0.700. The van der Waals surface area contributed by atoms with E-state index < -0.39 is 12.6 Å². The second-order valence-corrected chi connectivity index (χ2v) is 5.19. The van der Waals surface area contributed by atoms with Crippen molar-refractivity contribution in [3.05, 3.63) is 34.9 Å². The zero-order chi connectivity index (χ0) is 16.4. The van der Waals surface area contributed by atoms with Gasteiger partial charge in [0.05, 0.1) is 6.54 Å². The first kappa shape index (κ1) is 22.3. The van der Waals surface area contributed by atoms with Gasteiger partial charge in [0.1, 0.15) is 0 Å². The molecule has 1 rings (SSSR count). The van der Waals surface area contributed by atoms with Gasteiger partial charge in [-0.2, -0.15) is 13.2 Å². The number of rotatable bonds is 7. The van der Waals surface area contributed by atoms with E-state index in [1.165, 1.54) is 0 Å². The van der Waals surface area contributed by atoms with Crippen LogP contribution in [0.3, 0.4) is 0 Å². The van der Waals surface area contributed by atoms with E-state index in [4.69, 9.17) is 11.6 Å². The van der Waals surface area contributed by atoms with E-state index in [2.05, 4.69) is 15.6 Å². The lowest BCUT2D eigenvalue weighted by molar-refractivity contribution is -0.135. The van der Waals surface area contributed by atoms with Crippen LogP contribution in [-0.2, 0) is 6.54 Å². The molecule has 0 radical (unpaired) electrons. The lowest BCUT2D eigenvalue weighted by Crippen LogP contribution is -2.37. The standard InChI is InChI=1S/C15H21ClF3N3.HI/c1-2-20-14(21-10-6-5-9-15(17,18)19)22-11-12-7-3-4-8-13(12)16;/h3-4,7-8H,2,5-6,9-11H2,1H3,(H2,20,21,22);1H. The summed E-state index contributed by atoms with van der Waals surface area (Å²) in [6.45, 7) is 3.47. The van der Waals surface area contributed by atoms with Crippen molar-refractivity contribution in [2.75, 3.05) is 13.1 Å². The number of hydrogen-bond donors (Lipinski definition) is 2. The number of aliphatic imine (C=N–C) groups is 1. The Balaban J connectivity index is 0.00000484. The fourth-order valence-corrected chi connectivity index (χ4v) is 1.99. The molecule has 0 amide bonds. The number of benzene rings is 1. The van der Waals surface area contributed by atoms with Gasteiger partial charge in [0.2, 0.25) is 0 Å². The minimum absolute atomic E-state index is 0. The molecule has 0 aliphatic carbocycles. The van der Waals surface area contributed by atoms with Gasteiger partial charge in [0, 0.05) is 24.5 Å². The van der Waals surface area contributed by atoms with E-state index in [9.17, 15) is 13.2 Å². The van der Waals surface area contributed by atoms with Gasteiger partial charge >= 0.3 is 6.18 Å². The zero-order valence-corrected chi connectivity index (χ0v) is 16.0. The second-order valence-electron chi connectivity index (χ2n) is 4.79. The largest absolute Gasteiger partial charge is 0.389 e. The Morgan fingerprint density at radius 2 is 1.87 bits per heavy atom. The van der Waals surface area contributed by atoms with Gasteiger partial charge in [-0.1, -0.05) is 29.8 Å². The Labute approximate surface area is 157 Å². The summed E-state index contributed by atoms with van der Waals surface area (Å²) in [5.74, 6) is 0.578. The van der Waals surface area contributed by atoms with E-state index in [1.807, 2.05) is 25.1 Å². The van der Waals surface area contributed by atoms with Crippen LogP contribution in [0.15, 0.2) is 29.3 Å². The van der Waals surface area contributed by atoms with Crippen molar-refractivity contribution in [3.8, 4) is 0 Å². The third kappa shape index (κ3) is 10.6. The molecule has 0 saturated heterocycles. The lowest BCUT2D eigenvalue weighted by Gasteiger charge is -2.12. The van der Waals surface area contributed by atoms with Crippen molar-refractivity contribution in [3.63, 3.8) is 0 Å². The Bertz CT molecular complexity index is 481. The molecule has 0 aliphatic heterocycles. The first-order valence-electron chi connectivity index (χ1n) is 7.24. The van der Waals surface area contributed by atoms with E-state index in [0.29, 0.717) is 37.0 Å². The molecular weight excluding hydrogens is 442 g/mol. The van der Waals surface area contributed by atoms with Crippen molar-refractivity contribution in [2.45, 2.75) is 38.9 Å². The van der Waals surface area contributed by atoms with E-state index >= 15 is 0 Å². The van der Waals surface area contributed by atoms with E-state index in [0.717, 1.165) is 5.56 Å². The molecule has 0 spiro atoms. The molecule has 0 fully saturated rings. The zero-order valence-electron chi connectivity index (χ0n) is 12.9. The first-order valence-corrected chi connectivity index (χ1v) is 7.62. The van der Waals surface area contributed by atoms with Crippen LogP contribution in [0.4, 0.5) is 13.2 Å². The maximum Gasteiger partial charge on any atom is 0.389 e. The Morgan fingerprint density at radius 3 is 2.48 bits per heavy atom. The second kappa shape index (κ2) is 11.8. The number of alkyl halides is 3. The quantitative estimate of drug-likeness (QED) is 0.265. The number of hydrogen-bond acceptors (Lipinski definition) is 1. The lowest BCUT2D eigenvalue weighted by atomic mass is 10.2. The summed E-state index contributed by atoms with van der Waals surface area (Å²) < 4.78 is 36.1. The van der Waals surface area contributed by atoms with E-state index in [1.54, 1.807) is 6.07 Å². The molecule has 1 aromatic rings. The fraction of sp³-hybridized carbons (Fsp3) is 0.533. The Morgan fingerprint density at radius 1 is 1.17 bits per heavy atom. The summed E-state index contributed by atoms with van der Waals surface area (Å²) in [5.41, 5.74) is 0.901. The average molecular weight is 464 g/mol. The van der Waals surface area contributed by atoms with Gasteiger partial charge in [-0.15, -0.1) is 24.0 Å². The number of halogens is 5. The molecule has 0 bridgehead atoms. The SMILES string of the molecule is CCNC(=NCc1ccccc1Cl)NCCCCC(F)(F)F.I. The minimum atomic E-state index is -4.08. The van der Waals surface area contributed by atoms with Crippen LogP contribution in [0.25, 0.3) is 0 Å². The molecule has 8 heteroatoms. The molecule has 2 N–H and O–H groups in total. The maximum absolute atomic E-state index is 12.0. The van der Waals surface area contributed by atoms with Gasteiger partial charge < -0.3 is 10.6 Å². The predicted octanol–water partition coefficient (Wildman–Crippen LogP) is 4.75. The van der Waals surface area contributed by atoms with Crippen LogP contribution in [0.2, 0.25) is 5.02 Å². The summed E-state index contributed by atoms with van der Waals surface area (Å²) in [6.07, 6.45) is -4.28. The molecule has 0 aromatic heterocycles. The number of nitrogens with zero attached hydrogens (tertiary/aromatic N) is 1. The van der Waals surface area contributed by atoms with Crippen molar-refractivity contribution in [1.29, 1.82) is 0 Å². The predicted molar refractivity (Wildman–Crippen MR) is 99.6 cm³/mol. The van der Waals surface area contributed by atoms with Gasteiger partial charge in [0.15, 0.2) is 5.96 Å². The Kier molecular flexibility index (Phi) is 11.4. The summed E-state index contributed by atoms with van der Waals surface area (Å²) in [4.78, 5) is 4.38. The monoisotopic (exact) mass is 463 g/mol. The van der Waals surface area contributed by atoms with Gasteiger partial charge in [-0.05, 0) is 31.4 Å². The number of nitrogens with one attached hydrogen (secondary N) is 2. The van der Waals surface area contributed by atoms with Crippen LogP contribution in [0, 0.1) is 0 Å². The minimum Gasteiger partial charge on any atom is -0.357 e. The third-order valence-corrected chi connectivity index (χ3v) is 3.26. The summed E-state index contributed by atoms with van der Waals surface area (Å²) in [7, 11) is 0. The van der Waals surface area contributed by atoms with Crippen molar-refractivity contribution >= 4 is 41.5 Å². The first-order chi connectivity index (χ1) is 10.4. The van der Waals surface area contributed by atoms with E-state index in [-0.39, 0.29) is 30.4 Å². The molecule has 0 aliphatic rings. The smallest absolute Gasteiger partial charge is 0.357 e. The fourth-order valence-electron chi connectivity index (χ4n) is 1.79. The van der Waals surface area contributed by atoms with Gasteiger partial charge in [0.25, 0.3) is 0 Å². The van der Waals surface area contributed by atoms with Crippen LogP contribution >= 0.6 is 35.6 Å². The van der Waals surface area contributed by atoms with Gasteiger partial charge in [-0.3, -0.25) is 0 Å². The molecular formula is C15H22ClF3IN3. The molecule has 0 atom stereocenters. The molecule has 0 heterocycles. The number of unbranched alkanes of at least 4 members (excludes halogenated alkanes) is 1. The molecule has 0 saturated carbocycles. The molecule has 3 nitrogen and oxygen atoms in total. The highest BCUT2D eigenvalue weighted by Crippen LogP contribution is 2.21. The van der Waals surface area contributed by atoms with Crippen molar-refractivity contribution < 1.29 is 13.2 Å². The summed E-state index contributed by atoms with van der Waals surface area (Å²) >= 11 is 6.06. The highest BCUT2D eigenvalue weighted by molar-refractivity contribution is 14.0. The van der Waals surface area contributed by atoms with Crippen LogP contribution in [0.1, 0.15) is 31.7 Å². The maximum atomic E-state index is 12.0. The third-order valence-electron chi connectivity index (χ3n) is 2.89. The summed E-state index contributed by atoms with van der Waals surface area (Å²) in [5, 5.41) is 6.72. The average Bonchev–Trinajstić information content (AvgIpc) is 2.44. The number of guanidine groups is 1. The molecule has 23 heavy (non-hydrogen) atoms. The summed E-state index contributed by atoms with van der Waals surface area (Å²) in [6, 6.07) is 7.41. The van der Waals surface area contributed by atoms with Crippen LogP contribution in [-0.4, -0.2) is 25.2 Å². The van der Waals surface area contributed by atoms with Crippen LogP contribution in [0.5, 0.6) is 0 Å². The molecule has 1 aromatic carbocycles. The molecule has 0 unspecified atom stereocenters. The van der Waals surface area contributed by atoms with Crippen molar-refractivity contribution in [2.24, 2.45) is 4.99 Å².